The maximum Gasteiger partial charge on any atom is 0.313 e. The molecule has 9 heteroatoms. The molecule has 2 rings (SSSR count). The molecule has 0 bridgehead atoms. The summed E-state index contributed by atoms with van der Waals surface area (Å²) in [6, 6.07) is 3.33. The predicted octanol–water partition coefficient (Wildman–Crippen LogP) is 2.61. The minimum absolute atomic E-state index is 0.0960. The Labute approximate surface area is 121 Å². The second-order valence-corrected chi connectivity index (χ2v) is 5.84. The van der Waals surface area contributed by atoms with Crippen LogP contribution in [0.25, 0.3) is 0 Å². The third-order valence-corrected chi connectivity index (χ3v) is 4.17. The quantitative estimate of drug-likeness (QED) is 0.798. The number of carboxylic acid groups (broad SMARTS) is 1. The smallest absolute Gasteiger partial charge is 0.313 e. The van der Waals surface area contributed by atoms with Gasteiger partial charge in [-0.2, -0.15) is 0 Å². The fourth-order valence-corrected chi connectivity index (χ4v) is 2.77. The second kappa shape index (κ2) is 6.62. The lowest BCUT2D eigenvalue weighted by atomic mass is 10.2. The monoisotopic (exact) mass is 317 g/mol. The number of hydrogen-bond acceptors (Lipinski definition) is 6. The van der Waals surface area contributed by atoms with Gasteiger partial charge >= 0.3 is 5.97 Å². The Kier molecular flexibility index (Phi) is 4.85. The summed E-state index contributed by atoms with van der Waals surface area (Å²) >= 11 is 2.23. The highest BCUT2D eigenvalue weighted by Gasteiger charge is 2.08. The molecule has 2 N–H and O–H groups in total. The van der Waals surface area contributed by atoms with Crippen LogP contribution >= 0.6 is 23.1 Å². The molecular formula is C11H9F2N3O2S2. The molecule has 0 fully saturated rings. The summed E-state index contributed by atoms with van der Waals surface area (Å²) in [7, 11) is 0. The number of rotatable bonds is 6. The van der Waals surface area contributed by atoms with E-state index in [2.05, 4.69) is 15.5 Å². The summed E-state index contributed by atoms with van der Waals surface area (Å²) in [6.45, 7) is 0.143. The Bertz CT molecular complexity index is 621. The molecule has 0 aliphatic carbocycles. The summed E-state index contributed by atoms with van der Waals surface area (Å²) in [4.78, 5) is 10.4. The fraction of sp³-hybridized carbons (Fsp3) is 0.182. The van der Waals surface area contributed by atoms with E-state index < -0.39 is 17.6 Å². The van der Waals surface area contributed by atoms with Gasteiger partial charge in [-0.05, 0) is 6.07 Å². The van der Waals surface area contributed by atoms with Crippen molar-refractivity contribution in [2.45, 2.75) is 10.9 Å². The molecule has 1 heterocycles. The number of thioether (sulfide) groups is 1. The van der Waals surface area contributed by atoms with E-state index in [0.717, 1.165) is 17.8 Å². The summed E-state index contributed by atoms with van der Waals surface area (Å²) in [6.07, 6.45) is 0. The van der Waals surface area contributed by atoms with Crippen molar-refractivity contribution in [1.29, 1.82) is 0 Å². The van der Waals surface area contributed by atoms with E-state index >= 15 is 0 Å². The summed E-state index contributed by atoms with van der Waals surface area (Å²) in [5.41, 5.74) is 0.307. The van der Waals surface area contributed by atoms with Crippen molar-refractivity contribution in [3.05, 3.63) is 35.4 Å². The van der Waals surface area contributed by atoms with E-state index in [1.807, 2.05) is 0 Å². The molecule has 0 aliphatic heterocycles. The fourth-order valence-electron chi connectivity index (χ4n) is 1.30. The van der Waals surface area contributed by atoms with Crippen LogP contribution in [0, 0.1) is 11.6 Å². The van der Waals surface area contributed by atoms with E-state index in [-0.39, 0.29) is 12.3 Å². The van der Waals surface area contributed by atoms with Gasteiger partial charge in [0.2, 0.25) is 5.13 Å². The van der Waals surface area contributed by atoms with Crippen LogP contribution in [0.15, 0.2) is 22.5 Å². The second-order valence-electron chi connectivity index (χ2n) is 3.64. The molecule has 0 atom stereocenters. The maximum absolute atomic E-state index is 13.4. The van der Waals surface area contributed by atoms with Crippen LogP contribution in [0.3, 0.4) is 0 Å². The standard InChI is InChI=1S/C11H9F2N3O2S2/c12-7-2-1-6(8(13)3-7)4-14-10-15-16-11(20-10)19-5-9(17)18/h1-3H,4-5H2,(H,14,15)(H,17,18). The van der Waals surface area contributed by atoms with Gasteiger partial charge in [-0.3, -0.25) is 4.79 Å². The lowest BCUT2D eigenvalue weighted by molar-refractivity contribution is -0.133. The minimum Gasteiger partial charge on any atom is -0.481 e. The zero-order chi connectivity index (χ0) is 14.5. The lowest BCUT2D eigenvalue weighted by Crippen LogP contribution is -2.01. The Morgan fingerprint density at radius 3 is 2.90 bits per heavy atom. The SMILES string of the molecule is O=C(O)CSc1nnc(NCc2ccc(F)cc2F)s1. The number of aromatic nitrogens is 2. The van der Waals surface area contributed by atoms with E-state index in [4.69, 9.17) is 5.11 Å². The van der Waals surface area contributed by atoms with Crippen LogP contribution in [-0.4, -0.2) is 27.0 Å². The number of aliphatic carboxylic acids is 1. The number of anilines is 1. The molecule has 1 aromatic carbocycles. The van der Waals surface area contributed by atoms with Crippen molar-refractivity contribution in [3.8, 4) is 0 Å². The molecule has 1 aromatic heterocycles. The van der Waals surface area contributed by atoms with Crippen LogP contribution in [-0.2, 0) is 11.3 Å². The highest BCUT2D eigenvalue weighted by Crippen LogP contribution is 2.25. The van der Waals surface area contributed by atoms with E-state index in [9.17, 15) is 13.6 Å². The predicted molar refractivity (Wildman–Crippen MR) is 72.0 cm³/mol. The first kappa shape index (κ1) is 14.7. The first-order chi connectivity index (χ1) is 9.54. The van der Waals surface area contributed by atoms with Gasteiger partial charge < -0.3 is 10.4 Å². The molecule has 5 nitrogen and oxygen atoms in total. The van der Waals surface area contributed by atoms with Crippen LogP contribution in [0.4, 0.5) is 13.9 Å². The van der Waals surface area contributed by atoms with Crippen LogP contribution in [0.5, 0.6) is 0 Å². The molecule has 0 amide bonds. The maximum atomic E-state index is 13.4. The third-order valence-electron chi connectivity index (χ3n) is 2.17. The summed E-state index contributed by atoms with van der Waals surface area (Å²) in [5.74, 6) is -2.30. The van der Waals surface area contributed by atoms with Gasteiger partial charge in [0.05, 0.1) is 5.75 Å². The average Bonchev–Trinajstić information content (AvgIpc) is 2.83. The Balaban J connectivity index is 1.92. The molecule has 2 aromatic rings. The molecule has 0 aliphatic rings. The van der Waals surface area contributed by atoms with Crippen molar-refractivity contribution >= 4 is 34.2 Å². The van der Waals surface area contributed by atoms with Crippen molar-refractivity contribution in [1.82, 2.24) is 10.2 Å². The van der Waals surface area contributed by atoms with Crippen LogP contribution in [0.1, 0.15) is 5.56 Å². The van der Waals surface area contributed by atoms with Gasteiger partial charge in [-0.25, -0.2) is 8.78 Å². The van der Waals surface area contributed by atoms with Crippen molar-refractivity contribution in [2.75, 3.05) is 11.1 Å². The average molecular weight is 317 g/mol. The van der Waals surface area contributed by atoms with Crippen molar-refractivity contribution in [3.63, 3.8) is 0 Å². The zero-order valence-corrected chi connectivity index (χ0v) is 11.6. The Hall–Kier alpha value is -1.74. The topological polar surface area (TPSA) is 75.1 Å². The normalized spacial score (nSPS) is 10.5. The third kappa shape index (κ3) is 4.14. The number of nitrogens with one attached hydrogen (secondary N) is 1. The van der Waals surface area contributed by atoms with Crippen LogP contribution in [0.2, 0.25) is 0 Å². The van der Waals surface area contributed by atoms with Gasteiger partial charge in [0.1, 0.15) is 11.6 Å². The number of nitrogens with zero attached hydrogens (tertiary/aromatic N) is 2. The van der Waals surface area contributed by atoms with Crippen LogP contribution < -0.4 is 5.32 Å². The Morgan fingerprint density at radius 2 is 2.20 bits per heavy atom. The minimum atomic E-state index is -0.937. The zero-order valence-electron chi connectivity index (χ0n) is 9.97. The van der Waals surface area contributed by atoms with Gasteiger partial charge in [0.15, 0.2) is 4.34 Å². The molecule has 106 valence electrons. The number of hydrogen-bond donors (Lipinski definition) is 2. The Morgan fingerprint density at radius 1 is 1.40 bits per heavy atom. The number of carbonyl (C=O) groups is 1. The summed E-state index contributed by atoms with van der Waals surface area (Å²) < 4.78 is 26.6. The number of carboxylic acids is 1. The highest BCUT2D eigenvalue weighted by molar-refractivity contribution is 8.01. The van der Waals surface area contributed by atoms with E-state index in [1.54, 1.807) is 0 Å². The first-order valence-corrected chi connectivity index (χ1v) is 7.20. The molecular weight excluding hydrogens is 308 g/mol. The van der Waals surface area contributed by atoms with Gasteiger partial charge in [0, 0.05) is 18.2 Å². The first-order valence-electron chi connectivity index (χ1n) is 5.40. The number of benzene rings is 1. The van der Waals surface area contributed by atoms with Crippen molar-refractivity contribution in [2.24, 2.45) is 0 Å². The number of halogens is 2. The molecule has 0 radical (unpaired) electrons. The van der Waals surface area contributed by atoms with Gasteiger partial charge in [-0.15, -0.1) is 10.2 Å². The van der Waals surface area contributed by atoms with E-state index in [1.165, 1.54) is 23.5 Å². The van der Waals surface area contributed by atoms with E-state index in [0.29, 0.717) is 15.0 Å². The summed E-state index contributed by atoms with van der Waals surface area (Å²) in [5, 5.41) is 19.4. The van der Waals surface area contributed by atoms with Gasteiger partial charge in [-0.1, -0.05) is 29.2 Å². The van der Waals surface area contributed by atoms with Gasteiger partial charge in [0.25, 0.3) is 0 Å². The highest BCUT2D eigenvalue weighted by atomic mass is 32.2. The molecule has 0 spiro atoms. The largest absolute Gasteiger partial charge is 0.481 e. The molecule has 0 unspecified atom stereocenters. The molecule has 0 saturated carbocycles. The van der Waals surface area contributed by atoms with Crippen molar-refractivity contribution < 1.29 is 18.7 Å². The lowest BCUT2D eigenvalue weighted by Gasteiger charge is -2.03. The molecule has 0 saturated heterocycles. The molecule has 20 heavy (non-hydrogen) atoms.